The Morgan fingerprint density at radius 1 is 0.970 bits per heavy atom. The van der Waals surface area contributed by atoms with Crippen LogP contribution in [0.2, 0.25) is 0 Å². The Kier molecular flexibility index (Phi) is 6.08. The molecule has 6 nitrogen and oxygen atoms in total. The molecule has 3 aromatic rings. The van der Waals surface area contributed by atoms with E-state index in [4.69, 9.17) is 0 Å². The highest BCUT2D eigenvalue weighted by atomic mass is 79.9. The molecule has 0 atom stereocenters. The normalized spacial score (nSPS) is 15.4. The summed E-state index contributed by atoms with van der Waals surface area (Å²) in [4.78, 5) is 39.5. The van der Waals surface area contributed by atoms with Crippen LogP contribution in [-0.2, 0) is 16.0 Å². The first-order chi connectivity index (χ1) is 15.7. The Labute approximate surface area is 201 Å². The van der Waals surface area contributed by atoms with Gasteiger partial charge < -0.3 is 4.57 Å². The molecule has 0 saturated carbocycles. The summed E-state index contributed by atoms with van der Waals surface area (Å²) in [5, 5.41) is 2.30. The molecule has 1 aromatic heterocycles. The maximum atomic E-state index is 13.3. The molecule has 0 spiro atoms. The number of imide groups is 2. The van der Waals surface area contributed by atoms with Gasteiger partial charge in [-0.05, 0) is 86.4 Å². The summed E-state index contributed by atoms with van der Waals surface area (Å²) < 4.78 is 2.92. The second kappa shape index (κ2) is 8.83. The predicted octanol–water partition coefficient (Wildman–Crippen LogP) is 5.39. The number of nitrogens with zero attached hydrogens (tertiary/aromatic N) is 2. The van der Waals surface area contributed by atoms with Crippen molar-refractivity contribution in [2.45, 2.75) is 34.1 Å². The van der Waals surface area contributed by atoms with Gasteiger partial charge in [-0.3, -0.25) is 14.9 Å². The molecule has 0 unspecified atom stereocenters. The third-order valence-electron chi connectivity index (χ3n) is 5.87. The van der Waals surface area contributed by atoms with E-state index in [0.29, 0.717) is 5.69 Å². The highest BCUT2D eigenvalue weighted by Crippen LogP contribution is 2.29. The molecule has 7 heteroatoms. The Morgan fingerprint density at radius 2 is 1.67 bits per heavy atom. The van der Waals surface area contributed by atoms with Crippen LogP contribution in [0.15, 0.2) is 58.6 Å². The summed E-state index contributed by atoms with van der Waals surface area (Å²) in [5.41, 5.74) is 5.95. The molecule has 1 aliphatic rings. The lowest BCUT2D eigenvalue weighted by atomic mass is 10.1. The van der Waals surface area contributed by atoms with E-state index >= 15 is 0 Å². The summed E-state index contributed by atoms with van der Waals surface area (Å²) in [6.07, 6.45) is 2.52. The second-order valence-electron chi connectivity index (χ2n) is 8.07. The molecule has 1 N–H and O–H groups in total. The fourth-order valence-electron chi connectivity index (χ4n) is 4.11. The Balaban J connectivity index is 1.75. The SMILES string of the molecule is CCc1ccc(-n2c(C)cc(/C=C3\C(=O)NC(=O)N(c4ccc(Br)cc4C)C3=O)c2C)cc1. The molecule has 2 heterocycles. The van der Waals surface area contributed by atoms with Crippen LogP contribution < -0.4 is 10.2 Å². The van der Waals surface area contributed by atoms with Crippen molar-refractivity contribution in [2.24, 2.45) is 0 Å². The largest absolute Gasteiger partial charge is 0.335 e. The molecule has 2 aromatic carbocycles. The molecule has 33 heavy (non-hydrogen) atoms. The standard InChI is InChI=1S/C26H24BrN3O3/c1-5-18-6-9-21(10-7-18)29-16(3)13-19(17(29)4)14-22-24(31)28-26(33)30(25(22)32)23-11-8-20(27)12-15(23)2/h6-14H,5H2,1-4H3,(H,28,31,33)/b22-14+. The number of aromatic nitrogens is 1. The van der Waals surface area contributed by atoms with Crippen molar-refractivity contribution in [3.05, 3.63) is 86.7 Å². The lowest BCUT2D eigenvalue weighted by Gasteiger charge is -2.27. The maximum Gasteiger partial charge on any atom is 0.335 e. The zero-order valence-corrected chi connectivity index (χ0v) is 20.5. The number of amides is 4. The van der Waals surface area contributed by atoms with Crippen LogP contribution in [0.5, 0.6) is 0 Å². The van der Waals surface area contributed by atoms with Crippen molar-refractivity contribution in [1.29, 1.82) is 0 Å². The van der Waals surface area contributed by atoms with Gasteiger partial charge in [0.1, 0.15) is 5.57 Å². The molecule has 4 rings (SSSR count). The number of benzene rings is 2. The minimum absolute atomic E-state index is 0.0847. The summed E-state index contributed by atoms with van der Waals surface area (Å²) in [6.45, 7) is 7.84. The van der Waals surface area contributed by atoms with Crippen LogP contribution in [0.25, 0.3) is 11.8 Å². The number of carbonyl (C=O) groups excluding carboxylic acids is 3. The fraction of sp³-hybridized carbons (Fsp3) is 0.192. The molecule has 1 aliphatic heterocycles. The Bertz CT molecular complexity index is 1320. The van der Waals surface area contributed by atoms with Gasteiger partial charge in [-0.25, -0.2) is 9.69 Å². The number of hydrogen-bond acceptors (Lipinski definition) is 3. The smallest absolute Gasteiger partial charge is 0.318 e. The van der Waals surface area contributed by atoms with E-state index in [-0.39, 0.29) is 5.57 Å². The van der Waals surface area contributed by atoms with Crippen molar-refractivity contribution in [3.63, 3.8) is 0 Å². The van der Waals surface area contributed by atoms with Gasteiger partial charge in [-0.1, -0.05) is 35.0 Å². The molecule has 0 radical (unpaired) electrons. The van der Waals surface area contributed by atoms with E-state index in [0.717, 1.165) is 44.0 Å². The summed E-state index contributed by atoms with van der Waals surface area (Å²) in [7, 11) is 0. The molecule has 0 bridgehead atoms. The lowest BCUT2D eigenvalue weighted by Crippen LogP contribution is -2.54. The quantitative estimate of drug-likeness (QED) is 0.381. The van der Waals surface area contributed by atoms with E-state index in [9.17, 15) is 14.4 Å². The van der Waals surface area contributed by atoms with Crippen molar-refractivity contribution in [3.8, 4) is 5.69 Å². The number of urea groups is 1. The van der Waals surface area contributed by atoms with E-state index in [2.05, 4.69) is 57.0 Å². The van der Waals surface area contributed by atoms with Gasteiger partial charge in [0.25, 0.3) is 11.8 Å². The van der Waals surface area contributed by atoms with Gasteiger partial charge in [0.05, 0.1) is 5.69 Å². The third kappa shape index (κ3) is 4.16. The van der Waals surface area contributed by atoms with Crippen molar-refractivity contribution in [2.75, 3.05) is 4.90 Å². The zero-order chi connectivity index (χ0) is 23.9. The van der Waals surface area contributed by atoms with Gasteiger partial charge >= 0.3 is 6.03 Å². The minimum Gasteiger partial charge on any atom is -0.318 e. The Hall–Kier alpha value is -3.45. The third-order valence-corrected chi connectivity index (χ3v) is 6.37. The molecular formula is C26H24BrN3O3. The lowest BCUT2D eigenvalue weighted by molar-refractivity contribution is -0.122. The van der Waals surface area contributed by atoms with Crippen molar-refractivity contribution >= 4 is 45.5 Å². The monoisotopic (exact) mass is 505 g/mol. The van der Waals surface area contributed by atoms with E-state index in [1.54, 1.807) is 25.1 Å². The van der Waals surface area contributed by atoms with Crippen LogP contribution in [0.3, 0.4) is 0 Å². The number of carbonyl (C=O) groups is 3. The Morgan fingerprint density at radius 3 is 2.30 bits per heavy atom. The molecule has 0 aliphatic carbocycles. The number of aryl methyl sites for hydroxylation is 3. The summed E-state index contributed by atoms with van der Waals surface area (Å²) in [5.74, 6) is -1.35. The molecule has 4 amide bonds. The van der Waals surface area contributed by atoms with Gasteiger partial charge in [-0.2, -0.15) is 0 Å². The minimum atomic E-state index is -0.756. The highest BCUT2D eigenvalue weighted by molar-refractivity contribution is 9.10. The number of barbiturate groups is 1. The highest BCUT2D eigenvalue weighted by Gasteiger charge is 2.37. The molecule has 1 fully saturated rings. The first-order valence-electron chi connectivity index (χ1n) is 10.7. The van der Waals surface area contributed by atoms with Crippen LogP contribution >= 0.6 is 15.9 Å². The molecule has 1 saturated heterocycles. The van der Waals surface area contributed by atoms with Gasteiger partial charge in [0.15, 0.2) is 0 Å². The average Bonchev–Trinajstić information content (AvgIpc) is 3.05. The second-order valence-corrected chi connectivity index (χ2v) is 8.99. The van der Waals surface area contributed by atoms with Gasteiger partial charge in [0, 0.05) is 21.5 Å². The summed E-state index contributed by atoms with van der Waals surface area (Å²) >= 11 is 3.39. The van der Waals surface area contributed by atoms with Crippen LogP contribution in [0, 0.1) is 20.8 Å². The fourth-order valence-corrected chi connectivity index (χ4v) is 4.59. The summed E-state index contributed by atoms with van der Waals surface area (Å²) in [6, 6.07) is 14.7. The number of rotatable bonds is 4. The number of hydrogen-bond donors (Lipinski definition) is 1. The number of nitrogens with one attached hydrogen (secondary N) is 1. The van der Waals surface area contributed by atoms with Crippen LogP contribution in [0.1, 0.15) is 35.0 Å². The van der Waals surface area contributed by atoms with E-state index in [1.165, 1.54) is 5.56 Å². The van der Waals surface area contributed by atoms with Crippen molar-refractivity contribution < 1.29 is 14.4 Å². The van der Waals surface area contributed by atoms with Gasteiger partial charge in [0.2, 0.25) is 0 Å². The molecular weight excluding hydrogens is 482 g/mol. The van der Waals surface area contributed by atoms with Crippen molar-refractivity contribution in [1.82, 2.24) is 9.88 Å². The zero-order valence-electron chi connectivity index (χ0n) is 18.9. The molecule has 168 valence electrons. The van der Waals surface area contributed by atoms with Gasteiger partial charge in [-0.15, -0.1) is 0 Å². The first-order valence-corrected chi connectivity index (χ1v) is 11.5. The van der Waals surface area contributed by atoms with E-state index in [1.807, 2.05) is 26.0 Å². The topological polar surface area (TPSA) is 71.4 Å². The van der Waals surface area contributed by atoms with Crippen LogP contribution in [0.4, 0.5) is 10.5 Å². The average molecular weight is 506 g/mol. The maximum absolute atomic E-state index is 13.3. The number of halogens is 1. The predicted molar refractivity (Wildman–Crippen MR) is 133 cm³/mol. The van der Waals surface area contributed by atoms with E-state index < -0.39 is 17.8 Å². The number of anilines is 1. The van der Waals surface area contributed by atoms with Crippen LogP contribution in [-0.4, -0.2) is 22.4 Å². The first kappa shape index (κ1) is 22.7.